The Labute approximate surface area is 62.1 Å². The summed E-state index contributed by atoms with van der Waals surface area (Å²) in [6, 6.07) is 0. The van der Waals surface area contributed by atoms with Crippen LogP contribution in [0, 0.1) is 0 Å². The van der Waals surface area contributed by atoms with Gasteiger partial charge in [0.05, 0.1) is 12.4 Å². The molecule has 0 unspecified atom stereocenters. The summed E-state index contributed by atoms with van der Waals surface area (Å²) in [5.74, 6) is 1.34. The van der Waals surface area contributed by atoms with Gasteiger partial charge in [0.2, 0.25) is 0 Å². The summed E-state index contributed by atoms with van der Waals surface area (Å²) >= 11 is 0. The van der Waals surface area contributed by atoms with E-state index < -0.39 is 0 Å². The Morgan fingerprint density at radius 2 is 1.80 bits per heavy atom. The molecular formula is C9H14O. The second-order valence-electron chi connectivity index (χ2n) is 3.19. The molecule has 1 heteroatoms. The molecule has 0 radical (unpaired) electrons. The molecule has 1 aliphatic carbocycles. The molecule has 0 aromatic rings. The van der Waals surface area contributed by atoms with Gasteiger partial charge in [0.1, 0.15) is 0 Å². The van der Waals surface area contributed by atoms with Crippen LogP contribution in [-0.4, -0.2) is 6.61 Å². The molecule has 2 aliphatic rings. The number of hydrogen-bond acceptors (Lipinski definition) is 1. The highest BCUT2D eigenvalue weighted by Crippen LogP contribution is 2.30. The lowest BCUT2D eigenvalue weighted by atomic mass is 10.1. The summed E-state index contributed by atoms with van der Waals surface area (Å²) in [5.41, 5.74) is 1.62. The maximum atomic E-state index is 5.52. The molecule has 0 saturated heterocycles. The molecule has 0 spiro atoms. The monoisotopic (exact) mass is 138 g/mol. The van der Waals surface area contributed by atoms with Crippen LogP contribution in [0.5, 0.6) is 0 Å². The summed E-state index contributed by atoms with van der Waals surface area (Å²) < 4.78 is 5.52. The van der Waals surface area contributed by atoms with Gasteiger partial charge in [0.15, 0.2) is 0 Å². The standard InChI is InChI=1S/C9H14O/c1-2-4-8-6-7-10-9(8)5-3-1/h1-7H2. The largest absolute Gasteiger partial charge is 0.498 e. The third kappa shape index (κ3) is 1.05. The highest BCUT2D eigenvalue weighted by Gasteiger charge is 2.17. The zero-order valence-electron chi connectivity index (χ0n) is 6.36. The second-order valence-corrected chi connectivity index (χ2v) is 3.19. The molecule has 0 atom stereocenters. The molecule has 1 heterocycles. The minimum Gasteiger partial charge on any atom is -0.498 e. The minimum atomic E-state index is 0.963. The molecule has 10 heavy (non-hydrogen) atoms. The molecule has 56 valence electrons. The average Bonchev–Trinajstić information content (AvgIpc) is 2.28. The van der Waals surface area contributed by atoms with Crippen molar-refractivity contribution in [2.24, 2.45) is 0 Å². The van der Waals surface area contributed by atoms with Gasteiger partial charge in [-0.2, -0.15) is 0 Å². The van der Waals surface area contributed by atoms with E-state index in [2.05, 4.69) is 0 Å². The Morgan fingerprint density at radius 3 is 2.80 bits per heavy atom. The third-order valence-corrected chi connectivity index (χ3v) is 2.46. The first kappa shape index (κ1) is 6.26. The lowest BCUT2D eigenvalue weighted by molar-refractivity contribution is 0.232. The Balaban J connectivity index is 2.10. The topological polar surface area (TPSA) is 9.23 Å². The third-order valence-electron chi connectivity index (χ3n) is 2.46. The highest BCUT2D eigenvalue weighted by molar-refractivity contribution is 5.13. The molecule has 2 rings (SSSR count). The van der Waals surface area contributed by atoms with Crippen LogP contribution >= 0.6 is 0 Å². The Bertz CT molecular complexity index is 142. The van der Waals surface area contributed by atoms with Crippen molar-refractivity contribution in [3.05, 3.63) is 11.3 Å². The fourth-order valence-corrected chi connectivity index (χ4v) is 1.85. The van der Waals surface area contributed by atoms with Crippen molar-refractivity contribution in [1.82, 2.24) is 0 Å². The van der Waals surface area contributed by atoms with Gasteiger partial charge in [-0.3, -0.25) is 0 Å². The number of rotatable bonds is 0. The molecule has 0 bridgehead atoms. The van der Waals surface area contributed by atoms with Gasteiger partial charge in [-0.1, -0.05) is 6.42 Å². The van der Waals surface area contributed by atoms with Crippen molar-refractivity contribution in [3.8, 4) is 0 Å². The van der Waals surface area contributed by atoms with E-state index in [9.17, 15) is 0 Å². The fraction of sp³-hybridized carbons (Fsp3) is 0.778. The van der Waals surface area contributed by atoms with Crippen LogP contribution in [0.25, 0.3) is 0 Å². The average molecular weight is 138 g/mol. The summed E-state index contributed by atoms with van der Waals surface area (Å²) in [7, 11) is 0. The lowest BCUT2D eigenvalue weighted by Gasteiger charge is -2.00. The Kier molecular flexibility index (Phi) is 1.66. The van der Waals surface area contributed by atoms with Gasteiger partial charge in [-0.05, 0) is 24.8 Å². The summed E-state index contributed by atoms with van der Waals surface area (Å²) in [5, 5.41) is 0. The van der Waals surface area contributed by atoms with Crippen LogP contribution in [-0.2, 0) is 4.74 Å². The molecule has 1 aliphatic heterocycles. The van der Waals surface area contributed by atoms with Gasteiger partial charge in [0.25, 0.3) is 0 Å². The van der Waals surface area contributed by atoms with E-state index in [0.29, 0.717) is 0 Å². The number of ether oxygens (including phenoxy) is 1. The van der Waals surface area contributed by atoms with E-state index in [-0.39, 0.29) is 0 Å². The van der Waals surface area contributed by atoms with Gasteiger partial charge >= 0.3 is 0 Å². The smallest absolute Gasteiger partial charge is 0.0953 e. The molecule has 1 nitrogen and oxygen atoms in total. The SMILES string of the molecule is C1CCC2=C(CC1)OCC2. The molecule has 0 aromatic heterocycles. The quantitative estimate of drug-likeness (QED) is 0.500. The zero-order chi connectivity index (χ0) is 6.81. The summed E-state index contributed by atoms with van der Waals surface area (Å²) in [4.78, 5) is 0. The molecule has 0 saturated carbocycles. The first-order valence-corrected chi connectivity index (χ1v) is 4.30. The summed E-state index contributed by atoms with van der Waals surface area (Å²) in [6.45, 7) is 0.963. The van der Waals surface area contributed by atoms with E-state index in [0.717, 1.165) is 6.61 Å². The predicted molar refractivity (Wildman–Crippen MR) is 40.7 cm³/mol. The molecular weight excluding hydrogens is 124 g/mol. The first-order chi connectivity index (χ1) is 4.97. The van der Waals surface area contributed by atoms with Crippen LogP contribution in [0.15, 0.2) is 11.3 Å². The maximum Gasteiger partial charge on any atom is 0.0953 e. The van der Waals surface area contributed by atoms with Crippen molar-refractivity contribution < 1.29 is 4.74 Å². The minimum absolute atomic E-state index is 0.963. The van der Waals surface area contributed by atoms with Crippen LogP contribution in [0.3, 0.4) is 0 Å². The van der Waals surface area contributed by atoms with E-state index in [4.69, 9.17) is 4.74 Å². The van der Waals surface area contributed by atoms with Crippen molar-refractivity contribution in [3.63, 3.8) is 0 Å². The Morgan fingerprint density at radius 1 is 0.900 bits per heavy atom. The molecule has 0 amide bonds. The first-order valence-electron chi connectivity index (χ1n) is 4.30. The molecule has 0 aromatic carbocycles. The van der Waals surface area contributed by atoms with Gasteiger partial charge < -0.3 is 4.74 Å². The Hall–Kier alpha value is -0.460. The maximum absolute atomic E-state index is 5.52. The van der Waals surface area contributed by atoms with Crippen molar-refractivity contribution in [2.45, 2.75) is 38.5 Å². The van der Waals surface area contributed by atoms with Crippen molar-refractivity contribution in [1.29, 1.82) is 0 Å². The highest BCUT2D eigenvalue weighted by atomic mass is 16.5. The zero-order valence-corrected chi connectivity index (χ0v) is 6.36. The number of allylic oxidation sites excluding steroid dienone is 1. The molecule has 0 fully saturated rings. The lowest BCUT2D eigenvalue weighted by Crippen LogP contribution is -1.84. The van der Waals surface area contributed by atoms with Crippen LogP contribution in [0.1, 0.15) is 38.5 Å². The van der Waals surface area contributed by atoms with Crippen LogP contribution < -0.4 is 0 Å². The fourth-order valence-electron chi connectivity index (χ4n) is 1.85. The van der Waals surface area contributed by atoms with Crippen LogP contribution in [0.2, 0.25) is 0 Å². The van der Waals surface area contributed by atoms with Crippen molar-refractivity contribution >= 4 is 0 Å². The van der Waals surface area contributed by atoms with Gasteiger partial charge in [0, 0.05) is 12.8 Å². The van der Waals surface area contributed by atoms with E-state index in [1.54, 1.807) is 5.57 Å². The molecule has 0 N–H and O–H groups in total. The van der Waals surface area contributed by atoms with Crippen LogP contribution in [0.4, 0.5) is 0 Å². The number of hydrogen-bond donors (Lipinski definition) is 0. The van der Waals surface area contributed by atoms with Gasteiger partial charge in [-0.15, -0.1) is 0 Å². The second kappa shape index (κ2) is 2.65. The van der Waals surface area contributed by atoms with Crippen molar-refractivity contribution in [2.75, 3.05) is 6.61 Å². The van der Waals surface area contributed by atoms with E-state index >= 15 is 0 Å². The normalized spacial score (nSPS) is 25.6. The van der Waals surface area contributed by atoms with E-state index in [1.165, 1.54) is 44.3 Å². The summed E-state index contributed by atoms with van der Waals surface area (Å²) in [6.07, 6.45) is 7.89. The predicted octanol–water partition coefficient (Wildman–Crippen LogP) is 2.62. The van der Waals surface area contributed by atoms with Gasteiger partial charge in [-0.25, -0.2) is 0 Å². The van der Waals surface area contributed by atoms with E-state index in [1.807, 2.05) is 0 Å².